The highest BCUT2D eigenvalue weighted by Crippen LogP contribution is 2.26. The smallest absolute Gasteiger partial charge is 0.221 e. The van der Waals surface area contributed by atoms with Crippen LogP contribution in [0.5, 0.6) is 0 Å². The minimum absolute atomic E-state index is 0.215. The molecule has 0 saturated carbocycles. The van der Waals surface area contributed by atoms with E-state index in [1.807, 2.05) is 6.07 Å². The molecule has 26 heavy (non-hydrogen) atoms. The maximum absolute atomic E-state index is 13.8. The number of benzene rings is 2. The van der Waals surface area contributed by atoms with Crippen LogP contribution in [0.2, 0.25) is 0 Å². The van der Waals surface area contributed by atoms with E-state index in [0.29, 0.717) is 5.92 Å². The Morgan fingerprint density at radius 3 is 2.77 bits per heavy atom. The Balaban J connectivity index is 1.57. The van der Waals surface area contributed by atoms with Crippen molar-refractivity contribution in [3.05, 3.63) is 59.9 Å². The van der Waals surface area contributed by atoms with Gasteiger partial charge in [-0.25, -0.2) is 4.39 Å². The number of amides is 1. The molecule has 0 aromatic heterocycles. The maximum Gasteiger partial charge on any atom is 0.221 e. The number of nitrogens with one attached hydrogen (secondary N) is 2. The number of nitrogens with zero attached hydrogens (tertiary/aromatic N) is 1. The van der Waals surface area contributed by atoms with E-state index in [1.165, 1.54) is 18.6 Å². The van der Waals surface area contributed by atoms with Gasteiger partial charge in [0, 0.05) is 31.7 Å². The largest absolute Gasteiger partial charge is 0.382 e. The fourth-order valence-corrected chi connectivity index (χ4v) is 3.54. The molecule has 2 aromatic rings. The summed E-state index contributed by atoms with van der Waals surface area (Å²) in [7, 11) is 0. The van der Waals surface area contributed by atoms with E-state index in [0.717, 1.165) is 31.7 Å². The Kier molecular flexibility index (Phi) is 5.89. The fourth-order valence-electron chi connectivity index (χ4n) is 3.54. The predicted molar refractivity (Wildman–Crippen MR) is 104 cm³/mol. The van der Waals surface area contributed by atoms with E-state index in [4.69, 9.17) is 0 Å². The van der Waals surface area contributed by atoms with E-state index in [1.54, 1.807) is 12.1 Å². The highest BCUT2D eigenvalue weighted by Gasteiger charge is 2.27. The van der Waals surface area contributed by atoms with Gasteiger partial charge in [-0.15, -0.1) is 0 Å². The summed E-state index contributed by atoms with van der Waals surface area (Å²) >= 11 is 0. The zero-order valence-corrected chi connectivity index (χ0v) is 15.3. The Hall–Kier alpha value is -2.40. The summed E-state index contributed by atoms with van der Waals surface area (Å²) < 4.78 is 13.8. The summed E-state index contributed by atoms with van der Waals surface area (Å²) in [5, 5.41) is 5.99. The van der Waals surface area contributed by atoms with Crippen LogP contribution in [0.4, 0.5) is 15.8 Å². The van der Waals surface area contributed by atoms with Crippen molar-refractivity contribution >= 4 is 17.3 Å². The molecular weight excluding hydrogens is 329 g/mol. The van der Waals surface area contributed by atoms with Gasteiger partial charge in [-0.2, -0.15) is 0 Å². The Morgan fingerprint density at radius 2 is 2.04 bits per heavy atom. The van der Waals surface area contributed by atoms with Gasteiger partial charge in [0.05, 0.1) is 5.69 Å². The SMILES string of the molecule is CC(=O)Nc1cc(NC(C)C2CCN(Cc3ccccc3)C2)ccc1F. The normalized spacial score (nSPS) is 18.5. The lowest BCUT2D eigenvalue weighted by Crippen LogP contribution is -2.29. The van der Waals surface area contributed by atoms with Crippen molar-refractivity contribution in [2.75, 3.05) is 23.7 Å². The minimum atomic E-state index is -0.423. The van der Waals surface area contributed by atoms with E-state index < -0.39 is 5.82 Å². The number of likely N-dealkylation sites (tertiary alicyclic amines) is 1. The van der Waals surface area contributed by atoms with Gasteiger partial charge in [-0.1, -0.05) is 30.3 Å². The van der Waals surface area contributed by atoms with Gasteiger partial charge in [-0.3, -0.25) is 9.69 Å². The average Bonchev–Trinajstić information content (AvgIpc) is 3.07. The number of hydrogen-bond acceptors (Lipinski definition) is 3. The van der Waals surface area contributed by atoms with Gasteiger partial charge >= 0.3 is 0 Å². The molecule has 1 fully saturated rings. The van der Waals surface area contributed by atoms with E-state index in [2.05, 4.69) is 46.7 Å². The number of carbonyl (C=O) groups is 1. The molecule has 2 atom stereocenters. The van der Waals surface area contributed by atoms with Crippen molar-refractivity contribution in [1.82, 2.24) is 4.90 Å². The van der Waals surface area contributed by atoms with Gasteiger partial charge in [0.25, 0.3) is 0 Å². The number of anilines is 2. The monoisotopic (exact) mass is 355 g/mol. The van der Waals surface area contributed by atoms with Crippen molar-refractivity contribution < 1.29 is 9.18 Å². The maximum atomic E-state index is 13.8. The highest BCUT2D eigenvalue weighted by atomic mass is 19.1. The van der Waals surface area contributed by atoms with Crippen LogP contribution in [-0.2, 0) is 11.3 Å². The second-order valence-corrected chi connectivity index (χ2v) is 7.08. The molecule has 3 rings (SSSR count). The molecule has 1 amide bonds. The lowest BCUT2D eigenvalue weighted by Gasteiger charge is -2.23. The predicted octanol–water partition coefficient (Wildman–Crippen LogP) is 4.11. The molecule has 1 heterocycles. The quantitative estimate of drug-likeness (QED) is 0.820. The summed E-state index contributed by atoms with van der Waals surface area (Å²) in [6.45, 7) is 6.66. The van der Waals surface area contributed by atoms with Crippen LogP contribution in [-0.4, -0.2) is 29.9 Å². The first-order valence-corrected chi connectivity index (χ1v) is 9.11. The van der Waals surface area contributed by atoms with Crippen molar-refractivity contribution in [3.8, 4) is 0 Å². The number of carbonyl (C=O) groups excluding carboxylic acids is 1. The Labute approximate surface area is 154 Å². The number of hydrogen-bond donors (Lipinski definition) is 2. The third kappa shape index (κ3) is 4.82. The van der Waals surface area contributed by atoms with Crippen LogP contribution in [0.25, 0.3) is 0 Å². The van der Waals surface area contributed by atoms with Crippen LogP contribution >= 0.6 is 0 Å². The molecule has 2 N–H and O–H groups in total. The van der Waals surface area contributed by atoms with Crippen LogP contribution in [0.15, 0.2) is 48.5 Å². The number of halogens is 1. The molecule has 1 aliphatic heterocycles. The van der Waals surface area contributed by atoms with E-state index >= 15 is 0 Å². The minimum Gasteiger partial charge on any atom is -0.382 e. The topological polar surface area (TPSA) is 44.4 Å². The first-order chi connectivity index (χ1) is 12.5. The third-order valence-corrected chi connectivity index (χ3v) is 4.94. The van der Waals surface area contributed by atoms with Crippen LogP contribution in [0.3, 0.4) is 0 Å². The summed E-state index contributed by atoms with van der Waals surface area (Å²) in [6.07, 6.45) is 1.14. The molecular formula is C21H26FN3O. The van der Waals surface area contributed by atoms with Crippen LogP contribution < -0.4 is 10.6 Å². The first-order valence-electron chi connectivity index (χ1n) is 9.11. The van der Waals surface area contributed by atoms with Gasteiger partial charge < -0.3 is 10.6 Å². The molecule has 138 valence electrons. The lowest BCUT2D eigenvalue weighted by atomic mass is 10.0. The lowest BCUT2D eigenvalue weighted by molar-refractivity contribution is -0.114. The average molecular weight is 355 g/mol. The van der Waals surface area contributed by atoms with Gasteiger partial charge in [-0.05, 0) is 49.6 Å². The standard InChI is InChI=1S/C21H26FN3O/c1-15(23-19-8-9-20(22)21(12-19)24-16(2)26)18-10-11-25(14-18)13-17-6-4-3-5-7-17/h3-9,12,15,18,23H,10-11,13-14H2,1-2H3,(H,24,26). The van der Waals surface area contributed by atoms with Crippen molar-refractivity contribution in [2.45, 2.75) is 32.9 Å². The van der Waals surface area contributed by atoms with Crippen LogP contribution in [0, 0.1) is 11.7 Å². The molecule has 0 spiro atoms. The molecule has 4 nitrogen and oxygen atoms in total. The summed E-state index contributed by atoms with van der Waals surface area (Å²) in [4.78, 5) is 13.7. The van der Waals surface area contributed by atoms with Crippen molar-refractivity contribution in [2.24, 2.45) is 5.92 Å². The van der Waals surface area contributed by atoms with Crippen molar-refractivity contribution in [3.63, 3.8) is 0 Å². The Morgan fingerprint density at radius 1 is 1.27 bits per heavy atom. The third-order valence-electron chi connectivity index (χ3n) is 4.94. The molecule has 0 aliphatic carbocycles. The Bertz CT molecular complexity index is 750. The molecule has 1 aliphatic rings. The number of rotatable bonds is 6. The van der Waals surface area contributed by atoms with E-state index in [-0.39, 0.29) is 17.6 Å². The summed E-state index contributed by atoms with van der Waals surface area (Å²) in [5.74, 6) is -0.164. The zero-order chi connectivity index (χ0) is 18.5. The first kappa shape index (κ1) is 18.4. The zero-order valence-electron chi connectivity index (χ0n) is 15.3. The molecule has 5 heteroatoms. The van der Waals surface area contributed by atoms with Crippen LogP contribution in [0.1, 0.15) is 25.8 Å². The molecule has 0 bridgehead atoms. The van der Waals surface area contributed by atoms with Gasteiger partial charge in [0.1, 0.15) is 5.82 Å². The van der Waals surface area contributed by atoms with Gasteiger partial charge in [0.2, 0.25) is 5.91 Å². The summed E-state index contributed by atoms with van der Waals surface area (Å²) in [6, 6.07) is 15.6. The van der Waals surface area contributed by atoms with Crippen molar-refractivity contribution in [1.29, 1.82) is 0 Å². The molecule has 2 unspecified atom stereocenters. The van der Waals surface area contributed by atoms with E-state index in [9.17, 15) is 9.18 Å². The molecule has 0 radical (unpaired) electrons. The molecule has 1 saturated heterocycles. The summed E-state index contributed by atoms with van der Waals surface area (Å²) in [5.41, 5.74) is 2.38. The second kappa shape index (κ2) is 8.32. The highest BCUT2D eigenvalue weighted by molar-refractivity contribution is 5.89. The molecule has 2 aromatic carbocycles. The second-order valence-electron chi connectivity index (χ2n) is 7.08. The fraction of sp³-hybridized carbons (Fsp3) is 0.381. The van der Waals surface area contributed by atoms with Gasteiger partial charge in [0.15, 0.2) is 0 Å².